The predicted octanol–water partition coefficient (Wildman–Crippen LogP) is 5.62. The topological polar surface area (TPSA) is 54.0 Å². The van der Waals surface area contributed by atoms with Gasteiger partial charge in [0.05, 0.1) is 30.0 Å². The fourth-order valence-electron chi connectivity index (χ4n) is 8.07. The summed E-state index contributed by atoms with van der Waals surface area (Å²) in [5, 5.41) is 0.689. The third-order valence-corrected chi connectivity index (χ3v) is 10.0. The quantitative estimate of drug-likeness (QED) is 0.523. The second-order valence-electron chi connectivity index (χ2n) is 11.4. The van der Waals surface area contributed by atoms with Gasteiger partial charge in [0, 0.05) is 16.0 Å². The molecule has 8 unspecified atom stereocenters. The Kier molecular flexibility index (Phi) is 5.05. The zero-order chi connectivity index (χ0) is 23.0. The lowest BCUT2D eigenvalue weighted by molar-refractivity contribution is -0.314. The van der Waals surface area contributed by atoms with Crippen LogP contribution in [0.5, 0.6) is 0 Å². The van der Waals surface area contributed by atoms with Gasteiger partial charge in [0.15, 0.2) is 6.29 Å². The average molecular weight is 473 g/mol. The van der Waals surface area contributed by atoms with Crippen molar-refractivity contribution >= 4 is 17.6 Å². The fraction of sp³-hybridized carbons (Fsp3) is 0.667. The van der Waals surface area contributed by atoms with Gasteiger partial charge in [0.2, 0.25) is 0 Å². The maximum absolute atomic E-state index is 12.2. The molecule has 5 nitrogen and oxygen atoms in total. The maximum Gasteiger partial charge on any atom is 0.336 e. The SMILES string of the molecule is CC12CCC3C4(C)COC(c5ccccc5Cl)OC4CCC3(C)C1CC(C1=CCOC1=O)O2. The largest absolute Gasteiger partial charge is 0.458 e. The van der Waals surface area contributed by atoms with E-state index in [0.717, 1.165) is 43.2 Å². The minimum Gasteiger partial charge on any atom is -0.458 e. The van der Waals surface area contributed by atoms with Crippen molar-refractivity contribution in [3.8, 4) is 0 Å². The summed E-state index contributed by atoms with van der Waals surface area (Å²) < 4.78 is 24.8. The highest BCUT2D eigenvalue weighted by molar-refractivity contribution is 6.31. The normalized spacial score (nSPS) is 46.7. The van der Waals surface area contributed by atoms with Crippen molar-refractivity contribution < 1.29 is 23.7 Å². The summed E-state index contributed by atoms with van der Waals surface area (Å²) in [4.78, 5) is 12.2. The van der Waals surface area contributed by atoms with Crippen LogP contribution in [0.3, 0.4) is 0 Å². The van der Waals surface area contributed by atoms with Crippen LogP contribution in [0, 0.1) is 22.7 Å². The second kappa shape index (κ2) is 7.55. The van der Waals surface area contributed by atoms with E-state index in [4.69, 9.17) is 30.5 Å². The molecule has 3 heterocycles. The van der Waals surface area contributed by atoms with Crippen molar-refractivity contribution in [3.63, 3.8) is 0 Å². The summed E-state index contributed by atoms with van der Waals surface area (Å²) in [6, 6.07) is 7.80. The van der Waals surface area contributed by atoms with Crippen LogP contribution in [-0.2, 0) is 23.7 Å². The molecule has 1 aromatic rings. The number of benzene rings is 1. The molecule has 0 aromatic heterocycles. The lowest BCUT2D eigenvalue weighted by Crippen LogP contribution is -2.63. The molecule has 4 fully saturated rings. The first-order valence-electron chi connectivity index (χ1n) is 12.3. The predicted molar refractivity (Wildman–Crippen MR) is 124 cm³/mol. The molecule has 33 heavy (non-hydrogen) atoms. The molecule has 6 heteroatoms. The van der Waals surface area contributed by atoms with Crippen LogP contribution >= 0.6 is 11.6 Å². The van der Waals surface area contributed by atoms with Gasteiger partial charge < -0.3 is 18.9 Å². The van der Waals surface area contributed by atoms with Gasteiger partial charge in [-0.15, -0.1) is 0 Å². The van der Waals surface area contributed by atoms with Crippen LogP contribution in [0.1, 0.15) is 64.7 Å². The van der Waals surface area contributed by atoms with E-state index in [1.807, 2.05) is 30.3 Å². The van der Waals surface area contributed by atoms with Gasteiger partial charge in [-0.1, -0.05) is 43.6 Å². The van der Waals surface area contributed by atoms with Crippen molar-refractivity contribution in [2.45, 2.75) is 77.0 Å². The van der Waals surface area contributed by atoms with Crippen molar-refractivity contribution in [3.05, 3.63) is 46.5 Å². The van der Waals surface area contributed by atoms with Gasteiger partial charge in [-0.25, -0.2) is 4.79 Å². The van der Waals surface area contributed by atoms with Gasteiger partial charge >= 0.3 is 5.97 Å². The highest BCUT2D eigenvalue weighted by Crippen LogP contribution is 2.67. The summed E-state index contributed by atoms with van der Waals surface area (Å²) in [6.45, 7) is 8.11. The Morgan fingerprint density at radius 2 is 1.85 bits per heavy atom. The third kappa shape index (κ3) is 3.19. The monoisotopic (exact) mass is 472 g/mol. The molecular weight excluding hydrogens is 440 g/mol. The van der Waals surface area contributed by atoms with Crippen LogP contribution in [0.4, 0.5) is 0 Å². The number of cyclic esters (lactones) is 1. The first-order valence-corrected chi connectivity index (χ1v) is 12.7. The molecule has 8 atom stereocenters. The van der Waals surface area contributed by atoms with Gasteiger partial charge in [-0.05, 0) is 68.4 Å². The number of hydrogen-bond donors (Lipinski definition) is 0. The van der Waals surface area contributed by atoms with Crippen LogP contribution in [0.2, 0.25) is 5.02 Å². The fourth-order valence-corrected chi connectivity index (χ4v) is 8.29. The Labute approximate surface area is 200 Å². The summed E-state index contributed by atoms with van der Waals surface area (Å²) in [5.74, 6) is 0.655. The first kappa shape index (κ1) is 22.1. The van der Waals surface area contributed by atoms with Gasteiger partial charge in [0.25, 0.3) is 0 Å². The van der Waals surface area contributed by atoms with E-state index in [9.17, 15) is 4.79 Å². The lowest BCUT2D eigenvalue weighted by Gasteiger charge is -2.64. The van der Waals surface area contributed by atoms with Crippen LogP contribution in [0.25, 0.3) is 0 Å². The molecule has 2 saturated carbocycles. The third-order valence-electron chi connectivity index (χ3n) is 9.69. The number of carbonyl (C=O) groups is 1. The summed E-state index contributed by atoms with van der Waals surface area (Å²) in [6.07, 6.45) is 6.53. The molecule has 0 amide bonds. The van der Waals surface area contributed by atoms with Gasteiger partial charge in [0.1, 0.15) is 6.61 Å². The molecule has 178 valence electrons. The molecule has 5 aliphatic rings. The van der Waals surface area contributed by atoms with Crippen LogP contribution in [0.15, 0.2) is 35.9 Å². The number of esters is 1. The van der Waals surface area contributed by atoms with Crippen LogP contribution in [-0.4, -0.2) is 37.0 Å². The van der Waals surface area contributed by atoms with E-state index in [1.165, 1.54) is 0 Å². The lowest BCUT2D eigenvalue weighted by atomic mass is 9.44. The molecule has 2 aliphatic carbocycles. The highest BCUT2D eigenvalue weighted by atomic mass is 35.5. The van der Waals surface area contributed by atoms with Gasteiger partial charge in [-0.2, -0.15) is 0 Å². The first-order chi connectivity index (χ1) is 15.7. The van der Waals surface area contributed by atoms with Crippen molar-refractivity contribution in [2.75, 3.05) is 13.2 Å². The minimum absolute atomic E-state index is 0.0598. The van der Waals surface area contributed by atoms with Gasteiger partial charge in [-0.3, -0.25) is 0 Å². The Balaban J connectivity index is 1.26. The van der Waals surface area contributed by atoms with Crippen molar-refractivity contribution in [1.29, 1.82) is 0 Å². The Morgan fingerprint density at radius 3 is 2.61 bits per heavy atom. The molecule has 0 spiro atoms. The second-order valence-corrected chi connectivity index (χ2v) is 11.8. The molecular formula is C27H33ClO5. The zero-order valence-corrected chi connectivity index (χ0v) is 20.4. The number of halogens is 1. The summed E-state index contributed by atoms with van der Waals surface area (Å²) in [7, 11) is 0. The van der Waals surface area contributed by atoms with Crippen molar-refractivity contribution in [2.24, 2.45) is 22.7 Å². The van der Waals surface area contributed by atoms with Crippen molar-refractivity contribution in [1.82, 2.24) is 0 Å². The Bertz CT molecular complexity index is 1010. The molecule has 0 bridgehead atoms. The number of hydrogen-bond acceptors (Lipinski definition) is 5. The Morgan fingerprint density at radius 1 is 1.03 bits per heavy atom. The van der Waals surface area contributed by atoms with E-state index in [1.54, 1.807) is 0 Å². The molecule has 3 aliphatic heterocycles. The zero-order valence-electron chi connectivity index (χ0n) is 19.6. The molecule has 6 rings (SSSR count). The van der Waals surface area contributed by atoms with E-state index < -0.39 is 6.29 Å². The standard InChI is InChI=1S/C27H33ClO5/c1-25-11-9-22-26(2,15-31-24(32-22)16-6-4-5-7-18(16)28)20(25)8-12-27(3)21(25)14-19(33-27)17-10-13-30-23(17)29/h4-7,10,19-22,24H,8-9,11-15H2,1-3H3. The smallest absolute Gasteiger partial charge is 0.336 e. The molecule has 1 aromatic carbocycles. The van der Waals surface area contributed by atoms with E-state index in [-0.39, 0.29) is 34.6 Å². The van der Waals surface area contributed by atoms with E-state index >= 15 is 0 Å². The number of fused-ring (bicyclic) bond motifs is 5. The summed E-state index contributed by atoms with van der Waals surface area (Å²) in [5.41, 5.74) is 1.47. The Hall–Kier alpha value is -1.40. The highest BCUT2D eigenvalue weighted by Gasteiger charge is 2.66. The van der Waals surface area contributed by atoms with E-state index in [0.29, 0.717) is 30.1 Å². The minimum atomic E-state index is -0.408. The maximum atomic E-state index is 12.2. The number of ether oxygens (including phenoxy) is 4. The van der Waals surface area contributed by atoms with Crippen LogP contribution < -0.4 is 0 Å². The number of carbonyl (C=O) groups excluding carboxylic acids is 1. The average Bonchev–Trinajstić information content (AvgIpc) is 3.37. The summed E-state index contributed by atoms with van der Waals surface area (Å²) >= 11 is 6.44. The molecule has 2 saturated heterocycles. The molecule has 0 radical (unpaired) electrons. The van der Waals surface area contributed by atoms with E-state index in [2.05, 4.69) is 20.8 Å². The molecule has 0 N–H and O–H groups in total. The number of rotatable bonds is 2.